The second-order valence-corrected chi connectivity index (χ2v) is 5.23. The van der Waals surface area contributed by atoms with Crippen molar-refractivity contribution in [1.29, 1.82) is 0 Å². The predicted octanol–water partition coefficient (Wildman–Crippen LogP) is 1.91. The standard InChI is InChI=1S/C18H14N4O3/c19-16(23)12-6-8-13(9-7-12)21-17(24)18(25)22-14-5-1-3-11-4-2-10-20-15(11)14/h1-10H,(H2,19,23)(H,21,24)(H,22,25). The van der Waals surface area contributed by atoms with Gasteiger partial charge in [-0.25, -0.2) is 0 Å². The molecule has 0 fully saturated rings. The van der Waals surface area contributed by atoms with E-state index in [0.717, 1.165) is 5.39 Å². The van der Waals surface area contributed by atoms with Crippen LogP contribution in [-0.4, -0.2) is 22.7 Å². The van der Waals surface area contributed by atoms with Crippen LogP contribution >= 0.6 is 0 Å². The zero-order valence-electron chi connectivity index (χ0n) is 13.0. The van der Waals surface area contributed by atoms with E-state index in [4.69, 9.17) is 5.73 Å². The van der Waals surface area contributed by atoms with Crippen molar-refractivity contribution in [2.45, 2.75) is 0 Å². The van der Waals surface area contributed by atoms with Crippen molar-refractivity contribution in [3.05, 3.63) is 66.4 Å². The number of primary amides is 1. The van der Waals surface area contributed by atoms with Crippen molar-refractivity contribution in [2.24, 2.45) is 5.73 Å². The van der Waals surface area contributed by atoms with Gasteiger partial charge in [0.15, 0.2) is 0 Å². The van der Waals surface area contributed by atoms with Gasteiger partial charge in [0.1, 0.15) is 0 Å². The summed E-state index contributed by atoms with van der Waals surface area (Å²) in [5.41, 5.74) is 6.87. The molecule has 3 rings (SSSR count). The lowest BCUT2D eigenvalue weighted by Crippen LogP contribution is -2.29. The molecule has 124 valence electrons. The number of pyridine rings is 1. The molecule has 0 atom stereocenters. The minimum atomic E-state index is -0.834. The number of benzene rings is 2. The van der Waals surface area contributed by atoms with E-state index in [0.29, 0.717) is 22.5 Å². The van der Waals surface area contributed by atoms with E-state index in [9.17, 15) is 14.4 Å². The van der Waals surface area contributed by atoms with E-state index in [2.05, 4.69) is 15.6 Å². The normalized spacial score (nSPS) is 10.2. The SMILES string of the molecule is NC(=O)c1ccc(NC(=O)C(=O)Nc2cccc3cccnc23)cc1. The van der Waals surface area contributed by atoms with Gasteiger partial charge in [0, 0.05) is 22.8 Å². The number of anilines is 2. The highest BCUT2D eigenvalue weighted by Gasteiger charge is 2.15. The summed E-state index contributed by atoms with van der Waals surface area (Å²) >= 11 is 0. The Morgan fingerprint density at radius 2 is 1.52 bits per heavy atom. The van der Waals surface area contributed by atoms with Crippen LogP contribution in [0.15, 0.2) is 60.8 Å². The van der Waals surface area contributed by atoms with E-state index in [1.807, 2.05) is 12.1 Å². The van der Waals surface area contributed by atoms with Crippen LogP contribution < -0.4 is 16.4 Å². The summed E-state index contributed by atoms with van der Waals surface area (Å²) < 4.78 is 0. The second kappa shape index (κ2) is 6.79. The molecule has 3 aromatic rings. The van der Waals surface area contributed by atoms with Crippen molar-refractivity contribution in [1.82, 2.24) is 4.98 Å². The minimum Gasteiger partial charge on any atom is -0.366 e. The van der Waals surface area contributed by atoms with E-state index in [-0.39, 0.29) is 0 Å². The number of fused-ring (bicyclic) bond motifs is 1. The fraction of sp³-hybridized carbons (Fsp3) is 0. The maximum absolute atomic E-state index is 12.1. The zero-order valence-corrected chi connectivity index (χ0v) is 13.0. The van der Waals surface area contributed by atoms with Gasteiger partial charge in [0.05, 0.1) is 11.2 Å². The van der Waals surface area contributed by atoms with Gasteiger partial charge in [-0.15, -0.1) is 0 Å². The number of nitrogens with two attached hydrogens (primary N) is 1. The minimum absolute atomic E-state index is 0.310. The van der Waals surface area contributed by atoms with Crippen LogP contribution in [0.3, 0.4) is 0 Å². The largest absolute Gasteiger partial charge is 0.366 e. The molecule has 3 amide bonds. The van der Waals surface area contributed by atoms with Crippen LogP contribution in [0.25, 0.3) is 10.9 Å². The average Bonchev–Trinajstić information content (AvgIpc) is 2.62. The first-order valence-corrected chi connectivity index (χ1v) is 7.40. The summed E-state index contributed by atoms with van der Waals surface area (Å²) in [6, 6.07) is 14.8. The molecule has 4 N–H and O–H groups in total. The molecule has 0 radical (unpaired) electrons. The first kappa shape index (κ1) is 16.1. The Kier molecular flexibility index (Phi) is 4.38. The first-order chi connectivity index (χ1) is 12.0. The third kappa shape index (κ3) is 3.61. The van der Waals surface area contributed by atoms with Crippen LogP contribution in [0.2, 0.25) is 0 Å². The Balaban J connectivity index is 1.72. The van der Waals surface area contributed by atoms with Gasteiger partial charge in [0.2, 0.25) is 5.91 Å². The Bertz CT molecular complexity index is 962. The van der Waals surface area contributed by atoms with E-state index >= 15 is 0 Å². The monoisotopic (exact) mass is 334 g/mol. The molecule has 1 aromatic heterocycles. The lowest BCUT2D eigenvalue weighted by Gasteiger charge is -2.08. The third-order valence-electron chi connectivity index (χ3n) is 3.51. The average molecular weight is 334 g/mol. The molecule has 0 aliphatic carbocycles. The molecule has 1 heterocycles. The van der Waals surface area contributed by atoms with Crippen molar-refractivity contribution >= 4 is 40.0 Å². The molecule has 0 unspecified atom stereocenters. The Morgan fingerprint density at radius 3 is 2.24 bits per heavy atom. The van der Waals surface area contributed by atoms with E-state index in [1.165, 1.54) is 24.3 Å². The molecule has 0 aliphatic rings. The summed E-state index contributed by atoms with van der Waals surface area (Å²) in [6.07, 6.45) is 1.61. The lowest BCUT2D eigenvalue weighted by atomic mass is 10.2. The van der Waals surface area contributed by atoms with Gasteiger partial charge >= 0.3 is 11.8 Å². The van der Waals surface area contributed by atoms with Crippen molar-refractivity contribution in [3.63, 3.8) is 0 Å². The van der Waals surface area contributed by atoms with Crippen LogP contribution in [-0.2, 0) is 9.59 Å². The molecule has 0 bridgehead atoms. The van der Waals surface area contributed by atoms with Crippen LogP contribution in [0.4, 0.5) is 11.4 Å². The molecule has 0 aliphatic heterocycles. The van der Waals surface area contributed by atoms with Crippen molar-refractivity contribution in [3.8, 4) is 0 Å². The fourth-order valence-corrected chi connectivity index (χ4v) is 2.29. The number of nitrogens with zero attached hydrogens (tertiary/aromatic N) is 1. The highest BCUT2D eigenvalue weighted by molar-refractivity contribution is 6.44. The van der Waals surface area contributed by atoms with Gasteiger partial charge in [-0.1, -0.05) is 18.2 Å². The molecule has 0 saturated heterocycles. The lowest BCUT2D eigenvalue weighted by molar-refractivity contribution is -0.132. The Hall–Kier alpha value is -3.74. The fourth-order valence-electron chi connectivity index (χ4n) is 2.29. The van der Waals surface area contributed by atoms with Crippen LogP contribution in [0.1, 0.15) is 10.4 Å². The van der Waals surface area contributed by atoms with E-state index in [1.54, 1.807) is 24.4 Å². The van der Waals surface area contributed by atoms with Crippen molar-refractivity contribution < 1.29 is 14.4 Å². The van der Waals surface area contributed by atoms with Crippen molar-refractivity contribution in [2.75, 3.05) is 10.6 Å². The number of carbonyl (C=O) groups is 3. The van der Waals surface area contributed by atoms with Gasteiger partial charge < -0.3 is 16.4 Å². The maximum Gasteiger partial charge on any atom is 0.314 e. The van der Waals surface area contributed by atoms with Gasteiger partial charge in [-0.2, -0.15) is 0 Å². The number of nitrogens with one attached hydrogen (secondary N) is 2. The molecule has 0 spiro atoms. The second-order valence-electron chi connectivity index (χ2n) is 5.23. The number of hydrogen-bond acceptors (Lipinski definition) is 4. The highest BCUT2D eigenvalue weighted by Crippen LogP contribution is 2.20. The molecule has 7 heteroatoms. The van der Waals surface area contributed by atoms with E-state index < -0.39 is 17.7 Å². The molecular formula is C18H14N4O3. The Labute approximate surface area is 142 Å². The van der Waals surface area contributed by atoms with Crippen LogP contribution in [0.5, 0.6) is 0 Å². The molecule has 25 heavy (non-hydrogen) atoms. The summed E-state index contributed by atoms with van der Waals surface area (Å²) in [4.78, 5) is 39.4. The quantitative estimate of drug-likeness (QED) is 0.635. The maximum atomic E-state index is 12.1. The summed E-state index contributed by atoms with van der Waals surface area (Å²) in [5.74, 6) is -2.23. The molecule has 0 saturated carbocycles. The molecular weight excluding hydrogens is 320 g/mol. The molecule has 7 nitrogen and oxygen atoms in total. The van der Waals surface area contributed by atoms with Gasteiger partial charge in [-0.3, -0.25) is 19.4 Å². The predicted molar refractivity (Wildman–Crippen MR) is 94.0 cm³/mol. The van der Waals surface area contributed by atoms with Gasteiger partial charge in [0.25, 0.3) is 0 Å². The topological polar surface area (TPSA) is 114 Å². The number of aromatic nitrogens is 1. The number of carbonyl (C=O) groups excluding carboxylic acids is 3. The van der Waals surface area contributed by atoms with Gasteiger partial charge in [-0.05, 0) is 36.4 Å². The number of rotatable bonds is 3. The zero-order chi connectivity index (χ0) is 17.8. The third-order valence-corrected chi connectivity index (χ3v) is 3.51. The first-order valence-electron chi connectivity index (χ1n) is 7.40. The molecule has 2 aromatic carbocycles. The number of amides is 3. The summed E-state index contributed by atoms with van der Waals surface area (Å²) in [6.45, 7) is 0. The Morgan fingerprint density at radius 1 is 0.840 bits per heavy atom. The van der Waals surface area contributed by atoms with Crippen LogP contribution in [0, 0.1) is 0 Å². The smallest absolute Gasteiger partial charge is 0.314 e. The summed E-state index contributed by atoms with van der Waals surface area (Å²) in [7, 11) is 0. The number of hydrogen-bond donors (Lipinski definition) is 3. The summed E-state index contributed by atoms with van der Waals surface area (Å²) in [5, 5.41) is 5.85. The number of para-hydroxylation sites is 1. The highest BCUT2D eigenvalue weighted by atomic mass is 16.2.